The SMILES string of the molecule is CS(=O)(=O)c1cccc(NC2CCN(S(=O)(=O)c3ccc(Cc4cc([N+](=O)[O-])ccc4C(N)=O)s3)CC2)c1. The molecule has 1 aliphatic heterocycles. The zero-order valence-electron chi connectivity index (χ0n) is 20.4. The van der Waals surface area contributed by atoms with E-state index in [1.807, 2.05) is 0 Å². The molecule has 0 spiro atoms. The first-order valence-corrected chi connectivity index (χ1v) is 15.7. The average molecular weight is 579 g/mol. The van der Waals surface area contributed by atoms with Crippen molar-refractivity contribution in [2.75, 3.05) is 24.7 Å². The number of carbonyl (C=O) groups is 1. The van der Waals surface area contributed by atoms with Crippen LogP contribution in [0.1, 0.15) is 33.6 Å². The van der Waals surface area contributed by atoms with E-state index in [9.17, 15) is 31.7 Å². The molecule has 2 aromatic carbocycles. The number of hydrogen-bond donors (Lipinski definition) is 2. The Morgan fingerprint density at radius 2 is 1.82 bits per heavy atom. The maximum atomic E-state index is 13.3. The number of non-ortho nitro benzene ring substituents is 1. The van der Waals surface area contributed by atoms with Gasteiger partial charge < -0.3 is 11.1 Å². The van der Waals surface area contributed by atoms with Gasteiger partial charge >= 0.3 is 0 Å². The molecule has 2 heterocycles. The normalized spacial score (nSPS) is 15.3. The highest BCUT2D eigenvalue weighted by molar-refractivity contribution is 7.91. The van der Waals surface area contributed by atoms with Crippen molar-refractivity contribution >= 4 is 48.5 Å². The zero-order chi connectivity index (χ0) is 27.7. The molecule has 1 fully saturated rings. The minimum atomic E-state index is -3.76. The second-order valence-corrected chi connectivity index (χ2v) is 14.3. The molecule has 1 saturated heterocycles. The lowest BCUT2D eigenvalue weighted by molar-refractivity contribution is -0.384. The van der Waals surface area contributed by atoms with Crippen molar-refractivity contribution in [1.29, 1.82) is 0 Å². The smallest absolute Gasteiger partial charge is 0.269 e. The van der Waals surface area contributed by atoms with Crippen LogP contribution in [0.4, 0.5) is 11.4 Å². The molecule has 0 aliphatic carbocycles. The number of amides is 1. The number of primary amides is 1. The van der Waals surface area contributed by atoms with Gasteiger partial charge in [0.15, 0.2) is 9.84 Å². The Labute approximate surface area is 224 Å². The summed E-state index contributed by atoms with van der Waals surface area (Å²) in [6, 6.07) is 13.4. The Morgan fingerprint density at radius 3 is 2.45 bits per heavy atom. The Balaban J connectivity index is 1.43. The predicted molar refractivity (Wildman–Crippen MR) is 144 cm³/mol. The molecule has 0 radical (unpaired) electrons. The topological polar surface area (TPSA) is 170 Å². The molecule has 0 saturated carbocycles. The van der Waals surface area contributed by atoms with Crippen molar-refractivity contribution in [3.05, 3.63) is 80.7 Å². The maximum Gasteiger partial charge on any atom is 0.269 e. The number of sulfonamides is 1. The number of nitrogens with two attached hydrogens (primary N) is 1. The molecule has 38 heavy (non-hydrogen) atoms. The van der Waals surface area contributed by atoms with Gasteiger partial charge in [0.1, 0.15) is 4.21 Å². The van der Waals surface area contributed by atoms with E-state index in [2.05, 4.69) is 5.32 Å². The number of nitro benzene ring substituents is 1. The van der Waals surface area contributed by atoms with Gasteiger partial charge in [0.25, 0.3) is 15.7 Å². The minimum absolute atomic E-state index is 0.0174. The fourth-order valence-electron chi connectivity index (χ4n) is 4.28. The standard InChI is InChI=1S/C24H26N4O7S3/c1-37(32,33)21-4-2-3-18(15-21)26-17-9-11-27(12-10-17)38(34,35)23-8-6-20(36-23)14-16-13-19(28(30)31)5-7-22(16)24(25)29/h2-8,13,15,17,26H,9-12,14H2,1H3,(H2,25,29). The average Bonchev–Trinajstić information content (AvgIpc) is 3.33. The third kappa shape index (κ3) is 6.20. The Kier molecular flexibility index (Phi) is 7.88. The quantitative estimate of drug-likeness (QED) is 0.288. The number of hydrogen-bond acceptors (Lipinski definition) is 9. The highest BCUT2D eigenvalue weighted by Gasteiger charge is 2.31. The molecule has 0 bridgehead atoms. The van der Waals surface area contributed by atoms with Crippen LogP contribution in [0.15, 0.2) is 63.7 Å². The monoisotopic (exact) mass is 578 g/mol. The van der Waals surface area contributed by atoms with Crippen molar-refractivity contribution in [3.63, 3.8) is 0 Å². The van der Waals surface area contributed by atoms with Gasteiger partial charge in [-0.1, -0.05) is 6.07 Å². The van der Waals surface area contributed by atoms with Gasteiger partial charge in [-0.3, -0.25) is 14.9 Å². The van der Waals surface area contributed by atoms with Gasteiger partial charge in [-0.15, -0.1) is 11.3 Å². The van der Waals surface area contributed by atoms with E-state index in [-0.39, 0.29) is 45.9 Å². The van der Waals surface area contributed by atoms with E-state index in [1.165, 1.54) is 34.6 Å². The van der Waals surface area contributed by atoms with E-state index in [4.69, 9.17) is 5.73 Å². The van der Waals surface area contributed by atoms with E-state index in [0.29, 0.717) is 29.0 Å². The lowest BCUT2D eigenvalue weighted by Gasteiger charge is -2.31. The number of anilines is 1. The third-order valence-electron chi connectivity index (χ3n) is 6.25. The second kappa shape index (κ2) is 10.8. The molecule has 1 aliphatic rings. The Hall–Kier alpha value is -3.33. The van der Waals surface area contributed by atoms with Crippen LogP contribution in [-0.4, -0.2) is 57.4 Å². The summed E-state index contributed by atoms with van der Waals surface area (Å²) >= 11 is 1.05. The van der Waals surface area contributed by atoms with Crippen LogP contribution in [0, 0.1) is 10.1 Å². The predicted octanol–water partition coefficient (Wildman–Crippen LogP) is 3.01. The zero-order valence-corrected chi connectivity index (χ0v) is 22.8. The van der Waals surface area contributed by atoms with E-state index < -0.39 is 30.7 Å². The van der Waals surface area contributed by atoms with Crippen molar-refractivity contribution in [2.45, 2.75) is 34.4 Å². The lowest BCUT2D eigenvalue weighted by atomic mass is 10.0. The molecule has 11 nitrogen and oxygen atoms in total. The second-order valence-electron chi connectivity index (χ2n) is 8.98. The minimum Gasteiger partial charge on any atom is -0.382 e. The summed E-state index contributed by atoms with van der Waals surface area (Å²) in [6.07, 6.45) is 2.34. The van der Waals surface area contributed by atoms with E-state index in [1.54, 1.807) is 24.3 Å². The van der Waals surface area contributed by atoms with Crippen LogP contribution in [0.5, 0.6) is 0 Å². The van der Waals surface area contributed by atoms with Crippen LogP contribution in [0.25, 0.3) is 0 Å². The van der Waals surface area contributed by atoms with E-state index >= 15 is 0 Å². The molecular weight excluding hydrogens is 552 g/mol. The first-order chi connectivity index (χ1) is 17.8. The maximum absolute atomic E-state index is 13.3. The number of nitrogens with zero attached hydrogens (tertiary/aromatic N) is 2. The molecule has 0 atom stereocenters. The van der Waals surface area contributed by atoms with Crippen LogP contribution in [0.2, 0.25) is 0 Å². The number of piperidine rings is 1. The third-order valence-corrected chi connectivity index (χ3v) is 10.8. The van der Waals surface area contributed by atoms with Gasteiger partial charge in [0.05, 0.1) is 9.82 Å². The first-order valence-electron chi connectivity index (χ1n) is 11.6. The summed E-state index contributed by atoms with van der Waals surface area (Å²) in [6.45, 7) is 0.575. The van der Waals surface area contributed by atoms with Gasteiger partial charge in [0.2, 0.25) is 5.91 Å². The summed E-state index contributed by atoms with van der Waals surface area (Å²) < 4.78 is 51.7. The number of benzene rings is 2. The van der Waals surface area contributed by atoms with Gasteiger partial charge in [-0.25, -0.2) is 16.8 Å². The number of thiophene rings is 1. The summed E-state index contributed by atoms with van der Waals surface area (Å²) in [5.41, 5.74) is 6.38. The molecule has 4 rings (SSSR count). The molecule has 202 valence electrons. The van der Waals surface area contributed by atoms with Crippen molar-refractivity contribution in [1.82, 2.24) is 4.31 Å². The highest BCUT2D eigenvalue weighted by atomic mass is 32.2. The number of nitro groups is 1. The molecule has 3 aromatic rings. The number of carbonyl (C=O) groups excluding carboxylic acids is 1. The Morgan fingerprint density at radius 1 is 1.11 bits per heavy atom. The summed E-state index contributed by atoms with van der Waals surface area (Å²) in [5, 5.41) is 14.5. The molecule has 1 aromatic heterocycles. The fraction of sp³-hybridized carbons (Fsp3) is 0.292. The van der Waals surface area contributed by atoms with Crippen LogP contribution >= 0.6 is 11.3 Å². The highest BCUT2D eigenvalue weighted by Crippen LogP contribution is 2.30. The summed E-state index contributed by atoms with van der Waals surface area (Å²) in [5.74, 6) is -0.723. The molecular formula is C24H26N4O7S3. The summed E-state index contributed by atoms with van der Waals surface area (Å²) in [7, 11) is -7.09. The van der Waals surface area contributed by atoms with Crippen LogP contribution in [-0.2, 0) is 26.3 Å². The Bertz CT molecular complexity index is 1590. The molecule has 1 amide bonds. The first kappa shape index (κ1) is 27.7. The number of nitrogens with one attached hydrogen (secondary N) is 1. The fourth-order valence-corrected chi connectivity index (χ4v) is 7.95. The number of rotatable bonds is 9. The van der Waals surface area contributed by atoms with Crippen molar-refractivity contribution < 1.29 is 26.6 Å². The molecule has 14 heteroatoms. The molecule has 3 N–H and O–H groups in total. The molecule has 0 unspecified atom stereocenters. The van der Waals surface area contributed by atoms with Gasteiger partial charge in [0, 0.05) is 60.1 Å². The van der Waals surface area contributed by atoms with Gasteiger partial charge in [-0.2, -0.15) is 4.31 Å². The largest absolute Gasteiger partial charge is 0.382 e. The van der Waals surface area contributed by atoms with Crippen molar-refractivity contribution in [2.24, 2.45) is 5.73 Å². The van der Waals surface area contributed by atoms with Crippen LogP contribution in [0.3, 0.4) is 0 Å². The number of sulfone groups is 1. The summed E-state index contributed by atoms with van der Waals surface area (Å²) in [4.78, 5) is 23.2. The van der Waals surface area contributed by atoms with E-state index in [0.717, 1.165) is 17.6 Å². The van der Waals surface area contributed by atoms with Gasteiger partial charge in [-0.05, 0) is 54.8 Å². The van der Waals surface area contributed by atoms with Crippen LogP contribution < -0.4 is 11.1 Å². The lowest BCUT2D eigenvalue weighted by Crippen LogP contribution is -2.42. The van der Waals surface area contributed by atoms with Crippen molar-refractivity contribution in [3.8, 4) is 0 Å².